The maximum atomic E-state index is 15.2. The van der Waals surface area contributed by atoms with Gasteiger partial charge in [-0.15, -0.1) is 24.8 Å². The van der Waals surface area contributed by atoms with Crippen LogP contribution in [0.4, 0.5) is 11.4 Å². The predicted octanol–water partition coefficient (Wildman–Crippen LogP) is 7.80. The Morgan fingerprint density at radius 2 is 1.65 bits per heavy atom. The van der Waals surface area contributed by atoms with E-state index in [0.29, 0.717) is 46.8 Å². The number of fused-ring (bicyclic) bond motifs is 2. The Labute approximate surface area is 346 Å². The van der Waals surface area contributed by atoms with E-state index >= 15 is 4.79 Å². The van der Waals surface area contributed by atoms with Crippen molar-refractivity contribution in [1.29, 1.82) is 5.26 Å². The summed E-state index contributed by atoms with van der Waals surface area (Å²) in [5.41, 5.74) is 10.1. The van der Waals surface area contributed by atoms with Crippen molar-refractivity contribution in [3.63, 3.8) is 0 Å². The van der Waals surface area contributed by atoms with Crippen LogP contribution in [-0.4, -0.2) is 68.5 Å². The lowest BCUT2D eigenvalue weighted by Gasteiger charge is -2.41. The molecule has 1 fully saturated rings. The molecule has 57 heavy (non-hydrogen) atoms. The number of phenols is 1. The lowest BCUT2D eigenvalue weighted by molar-refractivity contribution is 0.0566. The molecule has 3 aliphatic heterocycles. The van der Waals surface area contributed by atoms with Crippen molar-refractivity contribution in [1.82, 2.24) is 24.7 Å². The summed E-state index contributed by atoms with van der Waals surface area (Å²) in [5, 5.41) is 23.4. The van der Waals surface area contributed by atoms with E-state index in [0.717, 1.165) is 61.5 Å². The Bertz CT molecular complexity index is 2330. The number of hydrogen-bond donors (Lipinski definition) is 2. The number of pyridine rings is 1. The van der Waals surface area contributed by atoms with Crippen molar-refractivity contribution < 1.29 is 14.7 Å². The Morgan fingerprint density at radius 1 is 0.912 bits per heavy atom. The average Bonchev–Trinajstić information content (AvgIpc) is 3.51. The maximum Gasteiger partial charge on any atom is 0.264 e. The number of nitriles is 1. The fourth-order valence-electron chi connectivity index (χ4n) is 8.54. The molecule has 0 aliphatic carbocycles. The zero-order chi connectivity index (χ0) is 38.2. The van der Waals surface area contributed by atoms with Crippen LogP contribution in [0.15, 0.2) is 79.0 Å². The van der Waals surface area contributed by atoms with Gasteiger partial charge in [0.15, 0.2) is 0 Å². The van der Waals surface area contributed by atoms with Gasteiger partial charge in [0, 0.05) is 60.9 Å². The molecule has 0 bridgehead atoms. The first kappa shape index (κ1) is 41.5. The van der Waals surface area contributed by atoms with Gasteiger partial charge in [-0.25, -0.2) is 0 Å². The zero-order valence-corrected chi connectivity index (χ0v) is 34.3. The lowest BCUT2D eigenvalue weighted by Crippen LogP contribution is -2.51. The average molecular weight is 807 g/mol. The molecule has 5 aromatic rings. The molecular weight excluding hydrogens is 757 g/mol. The third-order valence-electron chi connectivity index (χ3n) is 11.8. The number of amides is 2. The van der Waals surface area contributed by atoms with Crippen LogP contribution in [0, 0.1) is 25.2 Å². The van der Waals surface area contributed by atoms with Crippen LogP contribution in [0.1, 0.15) is 79.2 Å². The number of aromatic hydroxyl groups is 1. The number of carbonyl (C=O) groups is 2. The molecule has 0 radical (unpaired) electrons. The Hall–Kier alpha value is -5.18. The van der Waals surface area contributed by atoms with E-state index in [9.17, 15) is 15.2 Å². The number of phenolic OH excluding ortho intramolecular Hbond substituents is 1. The Kier molecular flexibility index (Phi) is 12.8. The van der Waals surface area contributed by atoms with Crippen molar-refractivity contribution in [3.8, 4) is 23.1 Å². The largest absolute Gasteiger partial charge is 0.508 e. The Balaban J connectivity index is 0.00000275. The number of piperidine rings is 1. The minimum absolute atomic E-state index is 0. The van der Waals surface area contributed by atoms with Gasteiger partial charge >= 0.3 is 0 Å². The first-order valence-electron chi connectivity index (χ1n) is 19.3. The summed E-state index contributed by atoms with van der Waals surface area (Å²) >= 11 is 0. The van der Waals surface area contributed by atoms with Crippen molar-refractivity contribution in [2.24, 2.45) is 7.05 Å². The fourth-order valence-corrected chi connectivity index (χ4v) is 8.54. The first-order valence-corrected chi connectivity index (χ1v) is 19.3. The molecule has 0 unspecified atom stereocenters. The minimum Gasteiger partial charge on any atom is -0.508 e. The highest BCUT2D eigenvalue weighted by atomic mass is 35.5. The number of carbonyl (C=O) groups excluding carboxylic acids is 2. The van der Waals surface area contributed by atoms with Gasteiger partial charge in [0.2, 0.25) is 0 Å². The lowest BCUT2D eigenvalue weighted by atomic mass is 9.89. The van der Waals surface area contributed by atoms with Gasteiger partial charge in [0.05, 0.1) is 28.7 Å². The second kappa shape index (κ2) is 17.5. The number of rotatable bonds is 7. The molecule has 0 saturated carbocycles. The summed E-state index contributed by atoms with van der Waals surface area (Å²) in [6.45, 7) is 8.75. The van der Waals surface area contributed by atoms with Gasteiger partial charge in [0.1, 0.15) is 11.8 Å². The molecule has 2 aromatic heterocycles. The van der Waals surface area contributed by atoms with Gasteiger partial charge < -0.3 is 24.8 Å². The molecule has 296 valence electrons. The van der Waals surface area contributed by atoms with E-state index in [2.05, 4.69) is 62.6 Å². The van der Waals surface area contributed by atoms with Gasteiger partial charge in [-0.2, -0.15) is 5.26 Å². The number of anilines is 2. The summed E-state index contributed by atoms with van der Waals surface area (Å²) in [7, 11) is 1.94. The highest BCUT2D eigenvalue weighted by Crippen LogP contribution is 2.37. The molecule has 1 saturated heterocycles. The molecule has 8 rings (SSSR count). The summed E-state index contributed by atoms with van der Waals surface area (Å²) in [5.74, 6) is -0.236. The molecule has 10 nitrogen and oxygen atoms in total. The minimum atomic E-state index is -0.316. The highest BCUT2D eigenvalue weighted by Gasteiger charge is 2.35. The molecule has 5 heterocycles. The van der Waals surface area contributed by atoms with E-state index in [4.69, 9.17) is 0 Å². The van der Waals surface area contributed by atoms with E-state index in [1.807, 2.05) is 24.6 Å². The molecule has 2 amide bonds. The maximum absolute atomic E-state index is 15.2. The van der Waals surface area contributed by atoms with Crippen LogP contribution in [0.5, 0.6) is 5.75 Å². The third kappa shape index (κ3) is 8.16. The third-order valence-corrected chi connectivity index (χ3v) is 11.8. The fraction of sp³-hybridized carbons (Fsp3) is 0.333. The molecule has 3 aromatic carbocycles. The van der Waals surface area contributed by atoms with Crippen LogP contribution < -0.4 is 10.2 Å². The Morgan fingerprint density at radius 3 is 2.39 bits per heavy atom. The molecule has 2 N–H and O–H groups in total. The normalized spacial score (nSPS) is 16.3. The summed E-state index contributed by atoms with van der Waals surface area (Å²) in [4.78, 5) is 40.6. The van der Waals surface area contributed by atoms with Gasteiger partial charge in [0.25, 0.3) is 11.8 Å². The predicted molar refractivity (Wildman–Crippen MR) is 228 cm³/mol. The topological polar surface area (TPSA) is 118 Å². The molecular formula is C45H49Cl2N7O3. The number of halogens is 2. The van der Waals surface area contributed by atoms with E-state index in [1.165, 1.54) is 53.0 Å². The number of likely N-dealkylation sites (tertiary alicyclic amines) is 1. The van der Waals surface area contributed by atoms with Crippen molar-refractivity contribution >= 4 is 48.0 Å². The summed E-state index contributed by atoms with van der Waals surface area (Å²) in [6.07, 6.45) is 6.89. The van der Waals surface area contributed by atoms with Crippen LogP contribution in [-0.2, 0) is 33.0 Å². The number of hydrogen-bond acceptors (Lipinski definition) is 7. The van der Waals surface area contributed by atoms with Gasteiger partial charge in [-0.3, -0.25) is 19.5 Å². The van der Waals surface area contributed by atoms with Crippen molar-refractivity contribution in [3.05, 3.63) is 129 Å². The van der Waals surface area contributed by atoms with Crippen LogP contribution in [0.2, 0.25) is 0 Å². The smallest absolute Gasteiger partial charge is 0.264 e. The second-order valence-electron chi connectivity index (χ2n) is 15.2. The van der Waals surface area contributed by atoms with E-state index < -0.39 is 0 Å². The van der Waals surface area contributed by atoms with Crippen molar-refractivity contribution in [2.45, 2.75) is 65.1 Å². The SMILES string of the molecule is Cc1ncc(N(C(=O)c2cc(-c3cc4c(cc3C(=O)N3Cc5ccccc5C[C@H]3CN3CCCCC3)CNCC4)n(C)c2C)c2ccc(O)cc2)cc1C#N.Cl.Cl. The molecule has 12 heteroatoms. The number of nitrogens with one attached hydrogen (secondary N) is 1. The molecule has 0 spiro atoms. The van der Waals surface area contributed by atoms with Crippen LogP contribution >= 0.6 is 24.8 Å². The zero-order valence-electron chi connectivity index (χ0n) is 32.6. The number of aryl methyl sites for hydroxylation is 1. The quantitative estimate of drug-likeness (QED) is 0.172. The second-order valence-corrected chi connectivity index (χ2v) is 15.2. The number of benzene rings is 3. The van der Waals surface area contributed by atoms with Crippen LogP contribution in [0.3, 0.4) is 0 Å². The highest BCUT2D eigenvalue weighted by molar-refractivity contribution is 6.12. The molecule has 1 atom stereocenters. The van der Waals surface area contributed by atoms with E-state index in [-0.39, 0.29) is 48.4 Å². The summed E-state index contributed by atoms with van der Waals surface area (Å²) in [6, 6.07) is 25.0. The summed E-state index contributed by atoms with van der Waals surface area (Å²) < 4.78 is 2.01. The van der Waals surface area contributed by atoms with Gasteiger partial charge in [-0.1, -0.05) is 30.7 Å². The first-order chi connectivity index (χ1) is 26.7. The van der Waals surface area contributed by atoms with E-state index in [1.54, 1.807) is 31.3 Å². The monoisotopic (exact) mass is 805 g/mol. The number of nitrogens with zero attached hydrogens (tertiary/aromatic N) is 6. The van der Waals surface area contributed by atoms with Crippen molar-refractivity contribution in [2.75, 3.05) is 31.1 Å². The standard InChI is InChI=1S/C45H47N7O3.2ClH/c1-29-34(24-46)20-37(26-48-29)52(36-11-13-39(53)14-12-36)45(55)40-23-43(49(3)30(40)2)41-21-32-15-16-47-25-35(32)22-42(41)44(54)51-27-33-10-6-5-9-31(33)19-38(51)28-50-17-7-4-8-18-50;;/h5-6,9-14,20-23,26,38,47,53H,4,7-8,15-19,25,27-28H2,1-3H3;2*1H/t38-;;/m0../s1. The van der Waals surface area contributed by atoms with Crippen LogP contribution in [0.25, 0.3) is 11.3 Å². The molecule has 3 aliphatic rings. The number of aromatic nitrogens is 2. The van der Waals surface area contributed by atoms with Gasteiger partial charge in [-0.05, 0) is 130 Å².